The van der Waals surface area contributed by atoms with Crippen LogP contribution < -0.4 is 10.1 Å². The number of sulfone groups is 1. The molecule has 0 bridgehead atoms. The van der Waals surface area contributed by atoms with Crippen molar-refractivity contribution < 1.29 is 17.9 Å². The molecule has 0 spiro atoms. The van der Waals surface area contributed by atoms with E-state index < -0.39 is 9.84 Å². The molecule has 6 nitrogen and oxygen atoms in total. The number of rotatable bonds is 10. The molecule has 2 rings (SSSR count). The standard InChI is InChI=1S/C20H32N2O4S.ClH/c1-3-15-22(17-11-13-21-14-12-17)20(23)6-4-5-16-26-18-7-9-19(10-8-18)27(2,24)25;/h7-10,17,21H,3-6,11-16H2,1-2H3;1H. The van der Waals surface area contributed by atoms with E-state index in [2.05, 4.69) is 17.1 Å². The Labute approximate surface area is 175 Å². The maximum absolute atomic E-state index is 12.6. The first kappa shape index (κ1) is 24.7. The number of nitrogens with one attached hydrogen (secondary N) is 1. The number of hydrogen-bond donors (Lipinski definition) is 1. The molecule has 0 saturated carbocycles. The molecule has 0 unspecified atom stereocenters. The van der Waals surface area contributed by atoms with Gasteiger partial charge in [-0.3, -0.25) is 4.79 Å². The molecule has 0 aromatic heterocycles. The molecule has 160 valence electrons. The molecule has 1 N–H and O–H groups in total. The normalized spacial score (nSPS) is 14.9. The minimum absolute atomic E-state index is 0. The molecule has 0 atom stereocenters. The lowest BCUT2D eigenvalue weighted by molar-refractivity contribution is -0.134. The van der Waals surface area contributed by atoms with E-state index in [9.17, 15) is 13.2 Å². The number of ether oxygens (including phenoxy) is 1. The van der Waals surface area contributed by atoms with E-state index in [0.717, 1.165) is 51.7 Å². The summed E-state index contributed by atoms with van der Waals surface area (Å²) in [7, 11) is -3.18. The van der Waals surface area contributed by atoms with Crippen LogP contribution in [0.25, 0.3) is 0 Å². The first-order chi connectivity index (χ1) is 12.9. The fraction of sp³-hybridized carbons (Fsp3) is 0.650. The summed E-state index contributed by atoms with van der Waals surface area (Å²) in [6, 6.07) is 6.82. The van der Waals surface area contributed by atoms with Gasteiger partial charge in [-0.25, -0.2) is 8.42 Å². The Balaban J connectivity index is 0.00000392. The fourth-order valence-corrected chi connectivity index (χ4v) is 4.00. The second-order valence-electron chi connectivity index (χ2n) is 7.12. The second kappa shape index (κ2) is 12.3. The van der Waals surface area contributed by atoms with Crippen LogP contribution in [0.5, 0.6) is 5.75 Å². The van der Waals surface area contributed by atoms with Gasteiger partial charge in [0.25, 0.3) is 0 Å². The van der Waals surface area contributed by atoms with Gasteiger partial charge >= 0.3 is 0 Å². The smallest absolute Gasteiger partial charge is 0.222 e. The monoisotopic (exact) mass is 432 g/mol. The molecule has 0 radical (unpaired) electrons. The summed E-state index contributed by atoms with van der Waals surface area (Å²) in [5.74, 6) is 0.900. The summed E-state index contributed by atoms with van der Waals surface area (Å²) in [5.41, 5.74) is 0. The van der Waals surface area contributed by atoms with Gasteiger partial charge in [0, 0.05) is 25.3 Å². The number of amides is 1. The van der Waals surface area contributed by atoms with E-state index >= 15 is 0 Å². The van der Waals surface area contributed by atoms with Crippen LogP contribution in [0.3, 0.4) is 0 Å². The zero-order valence-corrected chi connectivity index (χ0v) is 18.5. The Bertz CT molecular complexity index is 689. The fourth-order valence-electron chi connectivity index (χ4n) is 3.37. The molecule has 1 aromatic rings. The van der Waals surface area contributed by atoms with Gasteiger partial charge in [0.1, 0.15) is 5.75 Å². The maximum atomic E-state index is 12.6. The molecule has 0 aliphatic carbocycles. The Kier molecular flexibility index (Phi) is 10.9. The van der Waals surface area contributed by atoms with Gasteiger partial charge in [-0.05, 0) is 69.5 Å². The van der Waals surface area contributed by atoms with E-state index in [1.54, 1.807) is 24.3 Å². The number of carbonyl (C=O) groups excluding carboxylic acids is 1. The van der Waals surface area contributed by atoms with E-state index in [1.807, 2.05) is 0 Å². The van der Waals surface area contributed by atoms with Crippen molar-refractivity contribution in [3.8, 4) is 5.75 Å². The highest BCUT2D eigenvalue weighted by atomic mass is 35.5. The third-order valence-electron chi connectivity index (χ3n) is 4.84. The molecule has 1 fully saturated rings. The predicted octanol–water partition coefficient (Wildman–Crippen LogP) is 3.05. The van der Waals surface area contributed by atoms with Crippen LogP contribution in [0.1, 0.15) is 45.4 Å². The van der Waals surface area contributed by atoms with Crippen LogP contribution in [-0.2, 0) is 14.6 Å². The van der Waals surface area contributed by atoms with Gasteiger partial charge in [-0.15, -0.1) is 12.4 Å². The second-order valence-corrected chi connectivity index (χ2v) is 9.13. The van der Waals surface area contributed by atoms with Gasteiger partial charge in [-0.2, -0.15) is 0 Å². The van der Waals surface area contributed by atoms with Gasteiger partial charge in [0.05, 0.1) is 11.5 Å². The number of piperidine rings is 1. The Morgan fingerprint density at radius 1 is 1.18 bits per heavy atom. The van der Waals surface area contributed by atoms with Crippen LogP contribution in [-0.4, -0.2) is 57.8 Å². The third kappa shape index (κ3) is 7.97. The Hall–Kier alpha value is -1.31. The lowest BCUT2D eigenvalue weighted by Crippen LogP contribution is -2.46. The highest BCUT2D eigenvalue weighted by molar-refractivity contribution is 7.90. The summed E-state index contributed by atoms with van der Waals surface area (Å²) < 4.78 is 28.5. The summed E-state index contributed by atoms with van der Waals surface area (Å²) in [6.45, 7) is 5.46. The summed E-state index contributed by atoms with van der Waals surface area (Å²) in [5, 5.41) is 3.35. The molecule has 1 heterocycles. The van der Waals surface area contributed by atoms with Gasteiger partial charge < -0.3 is 15.0 Å². The quantitative estimate of drug-likeness (QED) is 0.575. The minimum atomic E-state index is -3.18. The third-order valence-corrected chi connectivity index (χ3v) is 5.97. The lowest BCUT2D eigenvalue weighted by atomic mass is 10.0. The van der Waals surface area contributed by atoms with E-state index in [-0.39, 0.29) is 23.2 Å². The SMILES string of the molecule is CCCN(C(=O)CCCCOc1ccc(S(C)(=O)=O)cc1)C1CCNCC1.Cl. The van der Waals surface area contributed by atoms with Crippen LogP contribution >= 0.6 is 12.4 Å². The van der Waals surface area contributed by atoms with Gasteiger partial charge in [-0.1, -0.05) is 6.92 Å². The minimum Gasteiger partial charge on any atom is -0.494 e. The van der Waals surface area contributed by atoms with Crippen molar-refractivity contribution in [3.63, 3.8) is 0 Å². The number of benzene rings is 1. The van der Waals surface area contributed by atoms with Crippen LogP contribution in [0.4, 0.5) is 0 Å². The molecule has 1 aliphatic heterocycles. The zero-order valence-electron chi connectivity index (χ0n) is 16.9. The molecular weight excluding hydrogens is 400 g/mol. The Morgan fingerprint density at radius 3 is 2.39 bits per heavy atom. The largest absolute Gasteiger partial charge is 0.494 e. The first-order valence-electron chi connectivity index (χ1n) is 9.85. The summed E-state index contributed by atoms with van der Waals surface area (Å²) in [6.07, 6.45) is 6.40. The summed E-state index contributed by atoms with van der Waals surface area (Å²) >= 11 is 0. The molecule has 1 amide bonds. The molecule has 1 aromatic carbocycles. The van der Waals surface area contributed by atoms with Crippen molar-refractivity contribution in [2.75, 3.05) is 32.5 Å². The van der Waals surface area contributed by atoms with E-state index in [4.69, 9.17) is 4.74 Å². The van der Waals surface area contributed by atoms with Gasteiger partial charge in [0.2, 0.25) is 5.91 Å². The van der Waals surface area contributed by atoms with E-state index in [1.165, 1.54) is 6.26 Å². The molecule has 8 heteroatoms. The van der Waals surface area contributed by atoms with E-state index in [0.29, 0.717) is 24.8 Å². The molecular formula is C20H33ClN2O4S. The van der Waals surface area contributed by atoms with Crippen LogP contribution in [0.15, 0.2) is 29.2 Å². The van der Waals surface area contributed by atoms with Crippen molar-refractivity contribution in [2.24, 2.45) is 0 Å². The summed E-state index contributed by atoms with van der Waals surface area (Å²) in [4.78, 5) is 15.0. The number of halogens is 1. The van der Waals surface area contributed by atoms with Crippen molar-refractivity contribution >= 4 is 28.2 Å². The maximum Gasteiger partial charge on any atom is 0.222 e. The topological polar surface area (TPSA) is 75.7 Å². The molecule has 28 heavy (non-hydrogen) atoms. The molecule has 1 aliphatic rings. The number of nitrogens with zero attached hydrogens (tertiary/aromatic N) is 1. The molecule has 1 saturated heterocycles. The van der Waals surface area contributed by atoms with Crippen molar-refractivity contribution in [1.82, 2.24) is 10.2 Å². The van der Waals surface area contributed by atoms with Gasteiger partial charge in [0.15, 0.2) is 9.84 Å². The highest BCUT2D eigenvalue weighted by Crippen LogP contribution is 2.17. The van der Waals surface area contributed by atoms with Crippen LogP contribution in [0, 0.1) is 0 Å². The highest BCUT2D eigenvalue weighted by Gasteiger charge is 2.24. The van der Waals surface area contributed by atoms with Crippen LogP contribution in [0.2, 0.25) is 0 Å². The Morgan fingerprint density at radius 2 is 1.82 bits per heavy atom. The number of unbranched alkanes of at least 4 members (excludes halogenated alkanes) is 1. The average Bonchev–Trinajstić information content (AvgIpc) is 2.66. The average molecular weight is 433 g/mol. The van der Waals surface area contributed by atoms with Crippen molar-refractivity contribution in [3.05, 3.63) is 24.3 Å². The van der Waals surface area contributed by atoms with Crippen molar-refractivity contribution in [1.29, 1.82) is 0 Å². The number of hydrogen-bond acceptors (Lipinski definition) is 5. The number of carbonyl (C=O) groups is 1. The first-order valence-corrected chi connectivity index (χ1v) is 11.7. The zero-order chi connectivity index (χ0) is 19.7. The lowest BCUT2D eigenvalue weighted by Gasteiger charge is -2.34. The van der Waals surface area contributed by atoms with Crippen molar-refractivity contribution in [2.45, 2.75) is 56.4 Å². The predicted molar refractivity (Wildman–Crippen MR) is 114 cm³/mol.